The number of hydrogen-bond donors (Lipinski definition) is 1. The molecule has 0 rings (SSSR count). The highest BCUT2D eigenvalue weighted by Crippen LogP contribution is 2.07. The van der Waals surface area contributed by atoms with Crippen LogP contribution >= 0.6 is 0 Å². The minimum Gasteiger partial charge on any atom is -0.442 e. The lowest BCUT2D eigenvalue weighted by Crippen LogP contribution is -2.38. The van der Waals surface area contributed by atoms with Gasteiger partial charge in [0.1, 0.15) is 5.60 Å². The van der Waals surface area contributed by atoms with Gasteiger partial charge in [0.05, 0.1) is 0 Å². The first-order valence-corrected chi connectivity index (χ1v) is 4.45. The second-order valence-corrected chi connectivity index (χ2v) is 4.03. The number of aliphatic imine (C=N–C) groups is 1. The normalized spacial score (nSPS) is 12.2. The van der Waals surface area contributed by atoms with E-state index in [0.717, 1.165) is 4.90 Å². The summed E-state index contributed by atoms with van der Waals surface area (Å²) >= 11 is 0. The number of amides is 2. The summed E-state index contributed by atoms with van der Waals surface area (Å²) < 4.78 is 4.89. The van der Waals surface area contributed by atoms with E-state index in [-0.39, 0.29) is 11.9 Å². The first-order valence-electron chi connectivity index (χ1n) is 4.45. The third kappa shape index (κ3) is 5.66. The van der Waals surface area contributed by atoms with E-state index < -0.39 is 11.7 Å². The van der Waals surface area contributed by atoms with Gasteiger partial charge in [0.15, 0.2) is 0 Å². The molecule has 2 N–H and O–H groups in total. The van der Waals surface area contributed by atoms with E-state index in [1.165, 1.54) is 14.0 Å². The predicted octanol–water partition coefficient (Wildman–Crippen LogP) is 0.714. The summed E-state index contributed by atoms with van der Waals surface area (Å²) in [6.07, 6.45) is -0.812. The molecule has 0 atom stereocenters. The van der Waals surface area contributed by atoms with Gasteiger partial charge in [-0.2, -0.15) is 0 Å². The van der Waals surface area contributed by atoms with Crippen molar-refractivity contribution in [2.45, 2.75) is 33.3 Å². The lowest BCUT2D eigenvalue weighted by Gasteiger charge is -2.18. The zero-order valence-corrected chi connectivity index (χ0v) is 9.70. The van der Waals surface area contributed by atoms with E-state index in [1.807, 2.05) is 0 Å². The SMILES string of the molecule is CC(=O)N(C)/C(N)=N/C(=O)OC(C)(C)C. The molecule has 0 unspecified atom stereocenters. The van der Waals surface area contributed by atoms with Crippen molar-refractivity contribution in [3.63, 3.8) is 0 Å². The van der Waals surface area contributed by atoms with Crippen LogP contribution in [0.3, 0.4) is 0 Å². The predicted molar refractivity (Wildman–Crippen MR) is 56.3 cm³/mol. The quantitative estimate of drug-likeness (QED) is 0.476. The molecule has 0 bridgehead atoms. The van der Waals surface area contributed by atoms with Crippen LogP contribution in [0.2, 0.25) is 0 Å². The minimum atomic E-state index is -0.812. The fraction of sp³-hybridized carbons (Fsp3) is 0.667. The number of nitrogens with zero attached hydrogens (tertiary/aromatic N) is 2. The van der Waals surface area contributed by atoms with Crippen LogP contribution in [-0.2, 0) is 9.53 Å². The Balaban J connectivity index is 4.50. The van der Waals surface area contributed by atoms with Gasteiger partial charge in [-0.1, -0.05) is 0 Å². The van der Waals surface area contributed by atoms with Gasteiger partial charge < -0.3 is 10.5 Å². The zero-order chi connectivity index (χ0) is 12.2. The lowest BCUT2D eigenvalue weighted by atomic mass is 10.2. The summed E-state index contributed by atoms with van der Waals surface area (Å²) in [5.74, 6) is -0.489. The number of carbonyl (C=O) groups excluding carboxylic acids is 2. The first kappa shape index (κ1) is 13.4. The minimum absolute atomic E-state index is 0.184. The zero-order valence-electron chi connectivity index (χ0n) is 9.70. The monoisotopic (exact) mass is 215 g/mol. The molecule has 0 aliphatic rings. The number of rotatable bonds is 0. The molecule has 0 aliphatic carbocycles. The molecule has 0 fully saturated rings. The van der Waals surface area contributed by atoms with Gasteiger partial charge >= 0.3 is 6.09 Å². The smallest absolute Gasteiger partial charge is 0.437 e. The van der Waals surface area contributed by atoms with Crippen molar-refractivity contribution in [2.24, 2.45) is 10.7 Å². The maximum absolute atomic E-state index is 11.2. The van der Waals surface area contributed by atoms with Gasteiger partial charge in [-0.25, -0.2) is 4.79 Å². The molecular weight excluding hydrogens is 198 g/mol. The van der Waals surface area contributed by atoms with Crippen LogP contribution in [0.4, 0.5) is 4.79 Å². The largest absolute Gasteiger partial charge is 0.442 e. The second-order valence-electron chi connectivity index (χ2n) is 4.03. The Hall–Kier alpha value is -1.59. The van der Waals surface area contributed by atoms with Crippen molar-refractivity contribution in [1.82, 2.24) is 4.90 Å². The van der Waals surface area contributed by atoms with Crippen LogP contribution < -0.4 is 5.73 Å². The summed E-state index contributed by atoms with van der Waals surface area (Å²) in [6, 6.07) is 0. The third-order valence-corrected chi connectivity index (χ3v) is 1.42. The van der Waals surface area contributed by atoms with E-state index in [4.69, 9.17) is 10.5 Å². The molecule has 86 valence electrons. The van der Waals surface area contributed by atoms with Crippen LogP contribution in [0.1, 0.15) is 27.7 Å². The summed E-state index contributed by atoms with van der Waals surface area (Å²) in [6.45, 7) is 6.46. The average molecular weight is 215 g/mol. The van der Waals surface area contributed by atoms with Gasteiger partial charge in [-0.15, -0.1) is 4.99 Å². The van der Waals surface area contributed by atoms with E-state index in [1.54, 1.807) is 20.8 Å². The molecule has 0 spiro atoms. The average Bonchev–Trinajstić information content (AvgIpc) is 1.98. The second kappa shape index (κ2) is 4.77. The highest BCUT2D eigenvalue weighted by atomic mass is 16.6. The molecule has 0 aromatic carbocycles. The topological polar surface area (TPSA) is 85.0 Å². The van der Waals surface area contributed by atoms with Gasteiger partial charge in [0.25, 0.3) is 0 Å². The maximum atomic E-state index is 11.2. The van der Waals surface area contributed by atoms with Crippen LogP contribution in [0.5, 0.6) is 0 Å². The molecule has 15 heavy (non-hydrogen) atoms. The Kier molecular flexibility index (Phi) is 4.26. The van der Waals surface area contributed by atoms with E-state index in [0.29, 0.717) is 0 Å². The molecular formula is C9H17N3O3. The molecule has 0 saturated carbocycles. The molecule has 0 saturated heterocycles. The molecule has 6 nitrogen and oxygen atoms in total. The highest BCUT2D eigenvalue weighted by molar-refractivity contribution is 5.99. The van der Waals surface area contributed by atoms with Crippen molar-refractivity contribution < 1.29 is 14.3 Å². The van der Waals surface area contributed by atoms with Crippen LogP contribution in [0.15, 0.2) is 4.99 Å². The summed E-state index contributed by atoms with van der Waals surface area (Å²) in [4.78, 5) is 26.5. The number of hydrogen-bond acceptors (Lipinski definition) is 3. The van der Waals surface area contributed by atoms with Crippen molar-refractivity contribution in [2.75, 3.05) is 7.05 Å². The standard InChI is InChI=1S/C9H17N3O3/c1-6(13)12(5)7(10)11-8(14)15-9(2,3)4/h1-5H3,(H2,10,11,14). The summed E-state index contributed by atoms with van der Waals surface area (Å²) in [5, 5.41) is 0. The maximum Gasteiger partial charge on any atom is 0.437 e. The van der Waals surface area contributed by atoms with E-state index in [2.05, 4.69) is 4.99 Å². The fourth-order valence-electron chi connectivity index (χ4n) is 0.615. The molecule has 0 heterocycles. The summed E-state index contributed by atoms with van der Waals surface area (Å²) in [7, 11) is 1.42. The van der Waals surface area contributed by atoms with Crippen molar-refractivity contribution in [1.29, 1.82) is 0 Å². The molecule has 0 aliphatic heterocycles. The van der Waals surface area contributed by atoms with E-state index in [9.17, 15) is 9.59 Å². The Morgan fingerprint density at radius 2 is 1.80 bits per heavy atom. The number of carbonyl (C=O) groups is 2. The fourth-order valence-corrected chi connectivity index (χ4v) is 0.615. The lowest BCUT2D eigenvalue weighted by molar-refractivity contribution is -0.124. The van der Waals surface area contributed by atoms with Crippen molar-refractivity contribution in [3.8, 4) is 0 Å². The first-order chi connectivity index (χ1) is 6.63. The highest BCUT2D eigenvalue weighted by Gasteiger charge is 2.17. The number of guanidine groups is 1. The molecule has 0 aromatic heterocycles. The molecule has 0 aromatic rings. The van der Waals surface area contributed by atoms with Gasteiger partial charge in [-0.3, -0.25) is 9.69 Å². The van der Waals surface area contributed by atoms with E-state index >= 15 is 0 Å². The Morgan fingerprint density at radius 1 is 1.33 bits per heavy atom. The van der Waals surface area contributed by atoms with Crippen molar-refractivity contribution in [3.05, 3.63) is 0 Å². The van der Waals surface area contributed by atoms with Gasteiger partial charge in [0.2, 0.25) is 11.9 Å². The molecule has 2 amide bonds. The van der Waals surface area contributed by atoms with Crippen molar-refractivity contribution >= 4 is 18.0 Å². The molecule has 6 heteroatoms. The number of ether oxygens (including phenoxy) is 1. The van der Waals surface area contributed by atoms with Crippen LogP contribution in [0, 0.1) is 0 Å². The Bertz CT molecular complexity index is 291. The number of nitrogens with two attached hydrogens (primary N) is 1. The summed E-state index contributed by atoms with van der Waals surface area (Å²) in [5.41, 5.74) is 4.76. The van der Waals surface area contributed by atoms with Gasteiger partial charge in [-0.05, 0) is 20.8 Å². The third-order valence-electron chi connectivity index (χ3n) is 1.42. The Labute approximate surface area is 89.1 Å². The van der Waals surface area contributed by atoms with Crippen LogP contribution in [-0.4, -0.2) is 35.5 Å². The van der Waals surface area contributed by atoms with Crippen LogP contribution in [0.25, 0.3) is 0 Å². The van der Waals surface area contributed by atoms with Gasteiger partial charge in [0, 0.05) is 14.0 Å². The molecule has 0 radical (unpaired) electrons. The Morgan fingerprint density at radius 3 is 2.13 bits per heavy atom.